The number of nitrogens with zero attached hydrogens (tertiary/aromatic N) is 5. The van der Waals surface area contributed by atoms with Gasteiger partial charge in [0.2, 0.25) is 0 Å². The van der Waals surface area contributed by atoms with Gasteiger partial charge in [-0.25, -0.2) is 4.98 Å². The topological polar surface area (TPSA) is 131 Å². The third-order valence-electron chi connectivity index (χ3n) is 4.96. The lowest BCUT2D eigenvalue weighted by Crippen LogP contribution is -2.25. The Morgan fingerprint density at radius 3 is 2.84 bits per heavy atom. The molecule has 3 N–H and O–H groups in total. The molecule has 0 radical (unpaired) electrons. The first-order valence-corrected chi connectivity index (χ1v) is 9.83. The van der Waals surface area contributed by atoms with Crippen LogP contribution in [0.1, 0.15) is 29.0 Å². The number of nitrogens with one attached hydrogen (secondary N) is 3. The number of carbonyl (C=O) groups excluding carboxylic acids is 1. The van der Waals surface area contributed by atoms with Crippen molar-refractivity contribution < 1.29 is 9.32 Å². The molecule has 5 rings (SSSR count). The van der Waals surface area contributed by atoms with Gasteiger partial charge in [-0.1, -0.05) is 5.16 Å². The maximum atomic E-state index is 12.9. The Balaban J connectivity index is 1.53. The number of fused-ring (bicyclic) bond motifs is 1. The highest BCUT2D eigenvalue weighted by Gasteiger charge is 2.26. The molecule has 4 aromatic heterocycles. The molecule has 31 heavy (non-hydrogen) atoms. The summed E-state index contributed by atoms with van der Waals surface area (Å²) in [7, 11) is 1.74. The van der Waals surface area contributed by atoms with E-state index in [4.69, 9.17) is 4.52 Å². The Kier molecular flexibility index (Phi) is 4.42. The summed E-state index contributed by atoms with van der Waals surface area (Å²) in [5.41, 5.74) is 0.737. The normalized spacial score (nSPS) is 13.4. The second-order valence-corrected chi connectivity index (χ2v) is 7.34. The molecule has 0 unspecified atom stereocenters. The van der Waals surface area contributed by atoms with Crippen LogP contribution in [0.25, 0.3) is 11.5 Å². The summed E-state index contributed by atoms with van der Waals surface area (Å²) in [6, 6.07) is 6.97. The van der Waals surface area contributed by atoms with E-state index in [0.717, 1.165) is 12.8 Å². The average molecular weight is 420 g/mol. The molecule has 0 aromatic carbocycles. The van der Waals surface area contributed by atoms with Gasteiger partial charge in [-0.15, -0.1) is 0 Å². The van der Waals surface area contributed by atoms with Crippen molar-refractivity contribution in [3.05, 3.63) is 58.3 Å². The molecule has 0 bridgehead atoms. The Morgan fingerprint density at radius 2 is 2.13 bits per heavy atom. The molecule has 1 saturated carbocycles. The van der Waals surface area contributed by atoms with E-state index in [1.54, 1.807) is 48.9 Å². The number of rotatable bonds is 6. The van der Waals surface area contributed by atoms with Gasteiger partial charge in [-0.05, 0) is 31.9 Å². The third-order valence-corrected chi connectivity index (χ3v) is 4.96. The molecular formula is C20H20N8O3. The summed E-state index contributed by atoms with van der Waals surface area (Å²) in [6.07, 6.45) is 5.07. The van der Waals surface area contributed by atoms with Crippen LogP contribution < -0.4 is 21.5 Å². The highest BCUT2D eigenvalue weighted by atomic mass is 16.5. The van der Waals surface area contributed by atoms with Gasteiger partial charge in [-0.2, -0.15) is 9.61 Å². The Bertz CT molecular complexity index is 1350. The second-order valence-electron chi connectivity index (χ2n) is 7.34. The standard InChI is InChI=1S/C20H20N8O3/c1-11-8-17(26-31-11)27-7-3-4-14(20(27)30)24-15-9-16(21-2)28-18(25-15)13(10-22-28)19(29)23-12-5-6-12/h3-4,7-10,12,21H,5-6H2,1-2H3,(H,23,29)(H,24,25). The molecule has 0 aliphatic heterocycles. The number of pyridine rings is 1. The van der Waals surface area contributed by atoms with Crippen LogP contribution in [0.2, 0.25) is 0 Å². The lowest BCUT2D eigenvalue weighted by Gasteiger charge is -2.11. The van der Waals surface area contributed by atoms with Gasteiger partial charge in [0.1, 0.15) is 28.6 Å². The number of aromatic nitrogens is 5. The monoisotopic (exact) mass is 420 g/mol. The van der Waals surface area contributed by atoms with Gasteiger partial charge in [0.15, 0.2) is 11.5 Å². The molecule has 0 spiro atoms. The molecule has 11 heteroatoms. The van der Waals surface area contributed by atoms with Crippen molar-refractivity contribution in [2.24, 2.45) is 0 Å². The van der Waals surface area contributed by atoms with E-state index in [1.165, 1.54) is 10.8 Å². The van der Waals surface area contributed by atoms with Crippen LogP contribution in [0.4, 0.5) is 17.3 Å². The van der Waals surface area contributed by atoms with E-state index in [2.05, 4.69) is 31.2 Å². The first-order chi connectivity index (χ1) is 15.0. The van der Waals surface area contributed by atoms with Crippen molar-refractivity contribution in [2.45, 2.75) is 25.8 Å². The van der Waals surface area contributed by atoms with Gasteiger partial charge in [-0.3, -0.25) is 14.2 Å². The van der Waals surface area contributed by atoms with Crippen LogP contribution in [0.15, 0.2) is 46.0 Å². The van der Waals surface area contributed by atoms with E-state index >= 15 is 0 Å². The van der Waals surface area contributed by atoms with Crippen LogP contribution >= 0.6 is 0 Å². The maximum Gasteiger partial charge on any atom is 0.280 e. The number of aryl methyl sites for hydroxylation is 1. The van der Waals surface area contributed by atoms with Crippen molar-refractivity contribution in [3.8, 4) is 5.82 Å². The van der Waals surface area contributed by atoms with E-state index in [1.807, 2.05) is 0 Å². The fourth-order valence-corrected chi connectivity index (χ4v) is 3.23. The summed E-state index contributed by atoms with van der Waals surface area (Å²) < 4.78 is 8.00. The zero-order valence-corrected chi connectivity index (χ0v) is 16.9. The van der Waals surface area contributed by atoms with Crippen LogP contribution in [-0.2, 0) is 0 Å². The number of hydrogen-bond donors (Lipinski definition) is 3. The summed E-state index contributed by atoms with van der Waals surface area (Å²) >= 11 is 0. The summed E-state index contributed by atoms with van der Waals surface area (Å²) in [4.78, 5) is 30.1. The number of amides is 1. The Labute approximate surface area is 176 Å². The van der Waals surface area contributed by atoms with E-state index < -0.39 is 0 Å². The van der Waals surface area contributed by atoms with Gasteiger partial charge in [0.05, 0.1) is 6.20 Å². The zero-order valence-electron chi connectivity index (χ0n) is 16.9. The van der Waals surface area contributed by atoms with Crippen molar-refractivity contribution in [1.29, 1.82) is 0 Å². The highest BCUT2D eigenvalue weighted by molar-refractivity contribution is 6.00. The quantitative estimate of drug-likeness (QED) is 0.431. The highest BCUT2D eigenvalue weighted by Crippen LogP contribution is 2.23. The molecule has 1 fully saturated rings. The third kappa shape index (κ3) is 3.50. The molecule has 158 valence electrons. The van der Waals surface area contributed by atoms with Crippen LogP contribution in [0.5, 0.6) is 0 Å². The summed E-state index contributed by atoms with van der Waals surface area (Å²) in [6.45, 7) is 1.75. The predicted octanol–water partition coefficient (Wildman–Crippen LogP) is 1.85. The van der Waals surface area contributed by atoms with Crippen molar-refractivity contribution in [1.82, 2.24) is 29.6 Å². The average Bonchev–Trinajstić information content (AvgIpc) is 3.29. The van der Waals surface area contributed by atoms with Crippen LogP contribution in [0.3, 0.4) is 0 Å². The fourth-order valence-electron chi connectivity index (χ4n) is 3.23. The van der Waals surface area contributed by atoms with Crippen molar-refractivity contribution in [2.75, 3.05) is 17.7 Å². The summed E-state index contributed by atoms with van der Waals surface area (Å²) in [5, 5.41) is 17.2. The van der Waals surface area contributed by atoms with Crippen LogP contribution in [-0.4, -0.2) is 43.3 Å². The van der Waals surface area contributed by atoms with Gasteiger partial charge >= 0.3 is 0 Å². The minimum atomic E-state index is -0.316. The largest absolute Gasteiger partial charge is 0.373 e. The Hall–Kier alpha value is -4.15. The van der Waals surface area contributed by atoms with Crippen LogP contribution in [0, 0.1) is 6.92 Å². The molecule has 1 aliphatic rings. The summed E-state index contributed by atoms with van der Waals surface area (Å²) in [5.74, 6) is 1.78. The molecule has 0 saturated heterocycles. The number of anilines is 3. The van der Waals surface area contributed by atoms with E-state index in [-0.39, 0.29) is 17.5 Å². The molecule has 4 heterocycles. The van der Waals surface area contributed by atoms with E-state index in [9.17, 15) is 9.59 Å². The smallest absolute Gasteiger partial charge is 0.280 e. The molecule has 1 aliphatic carbocycles. The first-order valence-electron chi connectivity index (χ1n) is 9.83. The minimum absolute atomic E-state index is 0.215. The Morgan fingerprint density at radius 1 is 1.29 bits per heavy atom. The molecule has 1 amide bonds. The number of carbonyl (C=O) groups is 1. The lowest BCUT2D eigenvalue weighted by atomic mass is 10.3. The molecule has 0 atom stereocenters. The second kappa shape index (κ2) is 7.27. The van der Waals surface area contributed by atoms with Gasteiger partial charge in [0, 0.05) is 31.4 Å². The van der Waals surface area contributed by atoms with E-state index in [0.29, 0.717) is 40.1 Å². The van der Waals surface area contributed by atoms with Crippen molar-refractivity contribution in [3.63, 3.8) is 0 Å². The SMILES string of the molecule is CNc1cc(Nc2cccn(-c3cc(C)on3)c2=O)nc2c(C(=O)NC3CC3)cnn12. The molecule has 11 nitrogen and oxygen atoms in total. The maximum absolute atomic E-state index is 12.9. The zero-order chi connectivity index (χ0) is 21.5. The minimum Gasteiger partial charge on any atom is -0.373 e. The molecular weight excluding hydrogens is 400 g/mol. The first kappa shape index (κ1) is 18.9. The molecule has 4 aromatic rings. The number of hydrogen-bond acceptors (Lipinski definition) is 8. The van der Waals surface area contributed by atoms with Gasteiger partial charge in [0.25, 0.3) is 11.5 Å². The lowest BCUT2D eigenvalue weighted by molar-refractivity contribution is 0.0952. The predicted molar refractivity (Wildman–Crippen MR) is 113 cm³/mol. The van der Waals surface area contributed by atoms with Gasteiger partial charge < -0.3 is 20.5 Å². The van der Waals surface area contributed by atoms with Crippen molar-refractivity contribution >= 4 is 28.9 Å². The fraction of sp³-hybridized carbons (Fsp3) is 0.250.